The number of nitrogens with one attached hydrogen (secondary N) is 2. The fourth-order valence-corrected chi connectivity index (χ4v) is 2.24. The van der Waals surface area contributed by atoms with Crippen molar-refractivity contribution >= 4 is 5.96 Å². The molecule has 7 heteroatoms. The summed E-state index contributed by atoms with van der Waals surface area (Å²) in [4.78, 5) is 4.62. The SMILES string of the molecule is CCNC(=NCc1c(OC)cc(OC)cc1OC)NC(C)COC. The third-order valence-electron chi connectivity index (χ3n) is 3.36. The Labute approximate surface area is 144 Å². The van der Waals surface area contributed by atoms with Crippen LogP contribution in [0.15, 0.2) is 17.1 Å². The molecule has 0 radical (unpaired) electrons. The number of methoxy groups -OCH3 is 4. The average Bonchev–Trinajstić information content (AvgIpc) is 2.59. The second-order valence-electron chi connectivity index (χ2n) is 5.21. The maximum Gasteiger partial charge on any atom is 0.191 e. The van der Waals surface area contributed by atoms with Crippen molar-refractivity contribution in [2.24, 2.45) is 4.99 Å². The zero-order valence-electron chi connectivity index (χ0n) is 15.4. The van der Waals surface area contributed by atoms with E-state index in [1.54, 1.807) is 28.4 Å². The minimum absolute atomic E-state index is 0.146. The zero-order valence-corrected chi connectivity index (χ0v) is 15.4. The van der Waals surface area contributed by atoms with E-state index in [0.29, 0.717) is 36.4 Å². The number of rotatable bonds is 9. The van der Waals surface area contributed by atoms with E-state index in [4.69, 9.17) is 18.9 Å². The van der Waals surface area contributed by atoms with Gasteiger partial charge >= 0.3 is 0 Å². The Kier molecular flexibility index (Phi) is 8.78. The van der Waals surface area contributed by atoms with Gasteiger partial charge in [-0.15, -0.1) is 0 Å². The molecule has 1 aromatic carbocycles. The molecule has 2 N–H and O–H groups in total. The molecule has 136 valence electrons. The van der Waals surface area contributed by atoms with Crippen LogP contribution in [0.2, 0.25) is 0 Å². The van der Waals surface area contributed by atoms with E-state index >= 15 is 0 Å². The average molecular weight is 339 g/mol. The van der Waals surface area contributed by atoms with Crippen molar-refractivity contribution in [2.75, 3.05) is 41.6 Å². The van der Waals surface area contributed by atoms with Gasteiger partial charge in [0.25, 0.3) is 0 Å². The number of nitrogens with zero attached hydrogens (tertiary/aromatic N) is 1. The molecule has 0 fully saturated rings. The fourth-order valence-electron chi connectivity index (χ4n) is 2.24. The molecule has 0 saturated carbocycles. The van der Waals surface area contributed by atoms with Gasteiger partial charge in [-0.05, 0) is 13.8 Å². The lowest BCUT2D eigenvalue weighted by molar-refractivity contribution is 0.179. The summed E-state index contributed by atoms with van der Waals surface area (Å²) in [5, 5.41) is 6.51. The van der Waals surface area contributed by atoms with Crippen molar-refractivity contribution < 1.29 is 18.9 Å². The van der Waals surface area contributed by atoms with Gasteiger partial charge in [-0.1, -0.05) is 0 Å². The molecule has 0 aliphatic carbocycles. The van der Waals surface area contributed by atoms with Gasteiger partial charge < -0.3 is 29.6 Å². The molecule has 7 nitrogen and oxygen atoms in total. The van der Waals surface area contributed by atoms with Crippen LogP contribution in [0.4, 0.5) is 0 Å². The third-order valence-corrected chi connectivity index (χ3v) is 3.36. The van der Waals surface area contributed by atoms with Gasteiger partial charge in [-0.25, -0.2) is 4.99 Å². The Morgan fingerprint density at radius 2 is 1.71 bits per heavy atom. The van der Waals surface area contributed by atoms with Crippen molar-refractivity contribution in [3.63, 3.8) is 0 Å². The number of hydrogen-bond acceptors (Lipinski definition) is 5. The summed E-state index contributed by atoms with van der Waals surface area (Å²) >= 11 is 0. The molecule has 0 spiro atoms. The van der Waals surface area contributed by atoms with Crippen LogP contribution >= 0.6 is 0 Å². The topological polar surface area (TPSA) is 73.3 Å². The summed E-state index contributed by atoms with van der Waals surface area (Å²) in [6.07, 6.45) is 0. The first kappa shape index (κ1) is 19.9. The predicted molar refractivity (Wildman–Crippen MR) is 95.4 cm³/mol. The van der Waals surface area contributed by atoms with Crippen LogP contribution in [0.25, 0.3) is 0 Å². The van der Waals surface area contributed by atoms with Crippen molar-refractivity contribution in [2.45, 2.75) is 26.4 Å². The Bertz CT molecular complexity index is 510. The number of aliphatic imine (C=N–C) groups is 1. The van der Waals surface area contributed by atoms with E-state index < -0.39 is 0 Å². The van der Waals surface area contributed by atoms with Crippen LogP contribution in [0.1, 0.15) is 19.4 Å². The summed E-state index contributed by atoms with van der Waals surface area (Å²) < 4.78 is 21.3. The molecule has 24 heavy (non-hydrogen) atoms. The lowest BCUT2D eigenvalue weighted by Crippen LogP contribution is -2.43. The largest absolute Gasteiger partial charge is 0.496 e. The minimum Gasteiger partial charge on any atom is -0.496 e. The lowest BCUT2D eigenvalue weighted by Gasteiger charge is -2.18. The highest BCUT2D eigenvalue weighted by molar-refractivity contribution is 5.80. The van der Waals surface area contributed by atoms with Crippen LogP contribution in [-0.2, 0) is 11.3 Å². The molecule has 1 atom stereocenters. The summed E-state index contributed by atoms with van der Waals surface area (Å²) in [6.45, 7) is 5.82. The molecule has 0 aliphatic rings. The monoisotopic (exact) mass is 339 g/mol. The Morgan fingerprint density at radius 3 is 2.17 bits per heavy atom. The molecular weight excluding hydrogens is 310 g/mol. The fraction of sp³-hybridized carbons (Fsp3) is 0.588. The first-order valence-electron chi connectivity index (χ1n) is 7.92. The van der Waals surface area contributed by atoms with E-state index in [0.717, 1.165) is 12.1 Å². The Morgan fingerprint density at radius 1 is 1.08 bits per heavy atom. The second kappa shape index (κ2) is 10.6. The van der Waals surface area contributed by atoms with Gasteiger partial charge in [-0.3, -0.25) is 0 Å². The van der Waals surface area contributed by atoms with Gasteiger partial charge in [0.15, 0.2) is 5.96 Å². The van der Waals surface area contributed by atoms with Crippen LogP contribution in [0, 0.1) is 0 Å². The Hall–Kier alpha value is -2.15. The standard InChI is InChI=1S/C17H29N3O4/c1-7-18-17(20-12(2)11-21-3)19-10-14-15(23-5)8-13(22-4)9-16(14)24-6/h8-9,12H,7,10-11H2,1-6H3,(H2,18,19,20). The van der Waals surface area contributed by atoms with E-state index in [2.05, 4.69) is 15.6 Å². The van der Waals surface area contributed by atoms with E-state index in [9.17, 15) is 0 Å². The van der Waals surface area contributed by atoms with Crippen molar-refractivity contribution in [1.29, 1.82) is 0 Å². The summed E-state index contributed by atoms with van der Waals surface area (Å²) in [5.41, 5.74) is 0.859. The minimum atomic E-state index is 0.146. The van der Waals surface area contributed by atoms with Crippen molar-refractivity contribution in [3.8, 4) is 17.2 Å². The maximum absolute atomic E-state index is 5.45. The molecule has 1 rings (SSSR count). The van der Waals surface area contributed by atoms with Crippen LogP contribution in [0.3, 0.4) is 0 Å². The summed E-state index contributed by atoms with van der Waals surface area (Å²) in [7, 11) is 6.52. The molecule has 0 heterocycles. The van der Waals surface area contributed by atoms with Gasteiger partial charge in [0.05, 0.1) is 40.0 Å². The van der Waals surface area contributed by atoms with Crippen molar-refractivity contribution in [3.05, 3.63) is 17.7 Å². The maximum atomic E-state index is 5.45. The zero-order chi connectivity index (χ0) is 17.9. The lowest BCUT2D eigenvalue weighted by atomic mass is 10.1. The van der Waals surface area contributed by atoms with Crippen LogP contribution < -0.4 is 24.8 Å². The normalized spacial score (nSPS) is 12.5. The first-order chi connectivity index (χ1) is 11.6. The van der Waals surface area contributed by atoms with Gasteiger partial charge in [0.2, 0.25) is 0 Å². The van der Waals surface area contributed by atoms with Gasteiger partial charge in [0.1, 0.15) is 17.2 Å². The Balaban J connectivity index is 3.02. The highest BCUT2D eigenvalue weighted by atomic mass is 16.5. The molecule has 0 aromatic heterocycles. The molecule has 1 aromatic rings. The number of benzene rings is 1. The van der Waals surface area contributed by atoms with E-state index in [-0.39, 0.29) is 6.04 Å². The molecule has 0 aliphatic heterocycles. The second-order valence-corrected chi connectivity index (χ2v) is 5.21. The first-order valence-corrected chi connectivity index (χ1v) is 7.92. The number of ether oxygens (including phenoxy) is 4. The third kappa shape index (κ3) is 5.81. The van der Waals surface area contributed by atoms with Crippen molar-refractivity contribution in [1.82, 2.24) is 10.6 Å². The summed E-state index contributed by atoms with van der Waals surface area (Å²) in [6, 6.07) is 3.79. The smallest absolute Gasteiger partial charge is 0.191 e. The quantitative estimate of drug-likeness (QED) is 0.528. The van der Waals surface area contributed by atoms with Crippen LogP contribution in [0.5, 0.6) is 17.2 Å². The van der Waals surface area contributed by atoms with Gasteiger partial charge in [0, 0.05) is 31.8 Å². The summed E-state index contributed by atoms with van der Waals surface area (Å²) in [5.74, 6) is 2.74. The van der Waals surface area contributed by atoms with Crippen LogP contribution in [-0.4, -0.2) is 53.6 Å². The predicted octanol–water partition coefficient (Wildman–Crippen LogP) is 1.80. The highest BCUT2D eigenvalue weighted by Gasteiger charge is 2.13. The van der Waals surface area contributed by atoms with E-state index in [1.165, 1.54) is 0 Å². The molecule has 0 saturated heterocycles. The molecule has 0 bridgehead atoms. The molecule has 1 unspecified atom stereocenters. The van der Waals surface area contributed by atoms with E-state index in [1.807, 2.05) is 26.0 Å². The molecular formula is C17H29N3O4. The number of hydrogen-bond donors (Lipinski definition) is 2. The highest BCUT2D eigenvalue weighted by Crippen LogP contribution is 2.34. The van der Waals surface area contributed by atoms with Gasteiger partial charge in [-0.2, -0.15) is 0 Å². The molecule has 0 amide bonds. The number of guanidine groups is 1.